The molecule has 0 bridgehead atoms. The smallest absolute Gasteiger partial charge is 0.356 e. The van der Waals surface area contributed by atoms with Gasteiger partial charge >= 0.3 is 5.97 Å². The van der Waals surface area contributed by atoms with Crippen LogP contribution < -0.4 is 0 Å². The predicted molar refractivity (Wildman–Crippen MR) is 60.7 cm³/mol. The molecular formula is C12H14N2O2. The lowest BCUT2D eigenvalue weighted by molar-refractivity contribution is 0.0592. The van der Waals surface area contributed by atoms with Crippen LogP contribution in [0.1, 0.15) is 27.3 Å². The Kier molecular flexibility index (Phi) is 2.42. The Labute approximate surface area is 93.9 Å². The van der Waals surface area contributed by atoms with Crippen LogP contribution in [0.25, 0.3) is 5.65 Å². The molecule has 16 heavy (non-hydrogen) atoms. The summed E-state index contributed by atoms with van der Waals surface area (Å²) >= 11 is 0. The van der Waals surface area contributed by atoms with Gasteiger partial charge in [-0.2, -0.15) is 0 Å². The van der Waals surface area contributed by atoms with Gasteiger partial charge in [0.05, 0.1) is 12.8 Å². The zero-order valence-corrected chi connectivity index (χ0v) is 9.87. The van der Waals surface area contributed by atoms with E-state index in [0.717, 1.165) is 16.8 Å². The number of carbonyl (C=O) groups is 1. The molecule has 2 heterocycles. The number of rotatable bonds is 1. The van der Waals surface area contributed by atoms with E-state index < -0.39 is 0 Å². The van der Waals surface area contributed by atoms with E-state index >= 15 is 0 Å². The molecule has 0 amide bonds. The molecule has 2 rings (SSSR count). The van der Waals surface area contributed by atoms with Crippen LogP contribution in [0.3, 0.4) is 0 Å². The Hall–Kier alpha value is -1.84. The van der Waals surface area contributed by atoms with Crippen molar-refractivity contribution in [1.29, 1.82) is 0 Å². The zero-order valence-electron chi connectivity index (χ0n) is 9.87. The summed E-state index contributed by atoms with van der Waals surface area (Å²) in [4.78, 5) is 16.0. The third-order valence-corrected chi connectivity index (χ3v) is 2.78. The molecule has 0 saturated carbocycles. The molecule has 0 aliphatic carbocycles. The van der Waals surface area contributed by atoms with Gasteiger partial charge in [-0.3, -0.25) is 4.40 Å². The maximum atomic E-state index is 11.6. The summed E-state index contributed by atoms with van der Waals surface area (Å²) in [7, 11) is 1.38. The highest BCUT2D eigenvalue weighted by Crippen LogP contribution is 2.16. The van der Waals surface area contributed by atoms with Crippen molar-refractivity contribution in [3.63, 3.8) is 0 Å². The van der Waals surface area contributed by atoms with Crippen molar-refractivity contribution in [3.8, 4) is 0 Å². The van der Waals surface area contributed by atoms with Gasteiger partial charge in [-0.25, -0.2) is 9.78 Å². The quantitative estimate of drug-likeness (QED) is 0.688. The lowest BCUT2D eigenvalue weighted by Gasteiger charge is -2.04. The monoisotopic (exact) mass is 218 g/mol. The van der Waals surface area contributed by atoms with Gasteiger partial charge in [0.2, 0.25) is 0 Å². The molecule has 2 aromatic heterocycles. The summed E-state index contributed by atoms with van der Waals surface area (Å²) < 4.78 is 6.54. The first kappa shape index (κ1) is 10.7. The number of aryl methyl sites for hydroxylation is 3. The third kappa shape index (κ3) is 1.46. The molecular weight excluding hydrogens is 204 g/mol. The number of ether oxygens (including phenoxy) is 1. The minimum atomic E-state index is -0.353. The van der Waals surface area contributed by atoms with Crippen molar-refractivity contribution in [2.45, 2.75) is 20.8 Å². The second-order valence-electron chi connectivity index (χ2n) is 3.91. The Morgan fingerprint density at radius 2 is 2.00 bits per heavy atom. The lowest BCUT2D eigenvalue weighted by atomic mass is 10.2. The number of hydrogen-bond donors (Lipinski definition) is 0. The van der Waals surface area contributed by atoms with E-state index in [4.69, 9.17) is 4.74 Å². The van der Waals surface area contributed by atoms with E-state index in [1.54, 1.807) is 4.40 Å². The maximum Gasteiger partial charge on any atom is 0.356 e. The average molecular weight is 218 g/mol. The fourth-order valence-corrected chi connectivity index (χ4v) is 1.75. The topological polar surface area (TPSA) is 43.6 Å². The highest BCUT2D eigenvalue weighted by Gasteiger charge is 2.17. The minimum absolute atomic E-state index is 0.353. The number of pyridine rings is 1. The summed E-state index contributed by atoms with van der Waals surface area (Å²) in [5.41, 5.74) is 4.25. The molecule has 4 heteroatoms. The lowest BCUT2D eigenvalue weighted by Crippen LogP contribution is -2.07. The molecule has 0 unspecified atom stereocenters. The summed E-state index contributed by atoms with van der Waals surface area (Å²) in [6.07, 6.45) is 1.91. The molecule has 4 nitrogen and oxygen atoms in total. The highest BCUT2D eigenvalue weighted by atomic mass is 16.5. The maximum absolute atomic E-state index is 11.6. The molecule has 0 radical (unpaired) electrons. The van der Waals surface area contributed by atoms with Crippen molar-refractivity contribution in [2.75, 3.05) is 7.11 Å². The number of nitrogens with zero attached hydrogens (tertiary/aromatic N) is 2. The van der Waals surface area contributed by atoms with E-state index in [-0.39, 0.29) is 5.97 Å². The first-order chi connectivity index (χ1) is 7.54. The molecule has 0 saturated heterocycles. The Balaban J connectivity index is 2.79. The number of aromatic nitrogens is 2. The summed E-state index contributed by atoms with van der Waals surface area (Å²) in [5.74, 6) is -0.353. The highest BCUT2D eigenvalue weighted by molar-refractivity contribution is 5.90. The van der Waals surface area contributed by atoms with Gasteiger partial charge in [-0.05, 0) is 38.0 Å². The summed E-state index contributed by atoms with van der Waals surface area (Å²) in [5, 5.41) is 0. The zero-order chi connectivity index (χ0) is 11.9. The fourth-order valence-electron chi connectivity index (χ4n) is 1.75. The van der Waals surface area contributed by atoms with Crippen molar-refractivity contribution in [1.82, 2.24) is 9.38 Å². The summed E-state index contributed by atoms with van der Waals surface area (Å²) in [6, 6.07) is 1.97. The van der Waals surface area contributed by atoms with Gasteiger partial charge < -0.3 is 4.74 Å². The van der Waals surface area contributed by atoms with Gasteiger partial charge in [0, 0.05) is 6.20 Å². The number of methoxy groups -OCH3 is 1. The molecule has 2 aromatic rings. The average Bonchev–Trinajstić information content (AvgIpc) is 2.54. The van der Waals surface area contributed by atoms with Crippen LogP contribution in [-0.2, 0) is 4.74 Å². The van der Waals surface area contributed by atoms with Gasteiger partial charge in [0.15, 0.2) is 5.69 Å². The van der Waals surface area contributed by atoms with Crippen LogP contribution in [0.5, 0.6) is 0 Å². The van der Waals surface area contributed by atoms with Crippen LogP contribution in [0.2, 0.25) is 0 Å². The van der Waals surface area contributed by atoms with Crippen molar-refractivity contribution in [3.05, 3.63) is 34.8 Å². The molecule has 0 spiro atoms. The van der Waals surface area contributed by atoms with Crippen LogP contribution in [0.15, 0.2) is 12.3 Å². The number of carbonyl (C=O) groups excluding carboxylic acids is 1. The molecule has 0 N–H and O–H groups in total. The van der Waals surface area contributed by atoms with Crippen LogP contribution in [-0.4, -0.2) is 22.5 Å². The standard InChI is InChI=1S/C12H14N2O2/c1-7-5-10-13-9(3)11(12(15)16-4)14(10)6-8(7)2/h5-6H,1-4H3. The largest absolute Gasteiger partial charge is 0.464 e. The molecule has 0 aliphatic heterocycles. The second kappa shape index (κ2) is 3.63. The van der Waals surface area contributed by atoms with Gasteiger partial charge in [-0.15, -0.1) is 0 Å². The fraction of sp³-hybridized carbons (Fsp3) is 0.333. The predicted octanol–water partition coefficient (Wildman–Crippen LogP) is 2.05. The van der Waals surface area contributed by atoms with Crippen molar-refractivity contribution in [2.24, 2.45) is 0 Å². The molecule has 0 aromatic carbocycles. The summed E-state index contributed by atoms with van der Waals surface area (Å²) in [6.45, 7) is 5.84. The number of hydrogen-bond acceptors (Lipinski definition) is 3. The van der Waals surface area contributed by atoms with Gasteiger partial charge in [0.25, 0.3) is 0 Å². The molecule has 0 atom stereocenters. The van der Waals surface area contributed by atoms with Gasteiger partial charge in [-0.1, -0.05) is 0 Å². The van der Waals surface area contributed by atoms with Crippen molar-refractivity contribution < 1.29 is 9.53 Å². The number of imidazole rings is 1. The van der Waals surface area contributed by atoms with Crippen molar-refractivity contribution >= 4 is 11.6 Å². The number of esters is 1. The van der Waals surface area contributed by atoms with E-state index in [1.165, 1.54) is 7.11 Å². The van der Waals surface area contributed by atoms with E-state index in [1.807, 2.05) is 33.0 Å². The van der Waals surface area contributed by atoms with Crippen LogP contribution >= 0.6 is 0 Å². The van der Waals surface area contributed by atoms with Crippen LogP contribution in [0.4, 0.5) is 0 Å². The SMILES string of the molecule is COC(=O)c1c(C)nc2cc(C)c(C)cn12. The molecule has 84 valence electrons. The van der Waals surface area contributed by atoms with E-state index in [9.17, 15) is 4.79 Å². The van der Waals surface area contributed by atoms with E-state index in [2.05, 4.69) is 4.98 Å². The van der Waals surface area contributed by atoms with Gasteiger partial charge in [0.1, 0.15) is 5.65 Å². The Bertz CT molecular complexity index is 570. The van der Waals surface area contributed by atoms with E-state index in [0.29, 0.717) is 11.4 Å². The second-order valence-corrected chi connectivity index (χ2v) is 3.91. The molecule has 0 fully saturated rings. The minimum Gasteiger partial charge on any atom is -0.464 e. The first-order valence-electron chi connectivity index (χ1n) is 5.09. The van der Waals surface area contributed by atoms with Crippen LogP contribution in [0, 0.1) is 20.8 Å². The normalized spacial score (nSPS) is 10.8. The Morgan fingerprint density at radius 1 is 1.31 bits per heavy atom. The first-order valence-corrected chi connectivity index (χ1v) is 5.09. The Morgan fingerprint density at radius 3 is 2.62 bits per heavy atom. The molecule has 0 aliphatic rings. The number of fused-ring (bicyclic) bond motifs is 1. The third-order valence-electron chi connectivity index (χ3n) is 2.78.